The SMILES string of the molecule is COC(=O)C(N)(COc1ccc(F)c(C)c1)C1CC1. The van der Waals surface area contributed by atoms with Gasteiger partial charge in [-0.3, -0.25) is 0 Å². The fraction of sp³-hybridized carbons (Fsp3) is 0.500. The van der Waals surface area contributed by atoms with Crippen LogP contribution in [0.15, 0.2) is 18.2 Å². The minimum absolute atomic E-state index is 0.0371. The number of methoxy groups -OCH3 is 1. The van der Waals surface area contributed by atoms with Gasteiger partial charge in [-0.25, -0.2) is 9.18 Å². The molecular weight excluding hydrogens is 249 g/mol. The maximum absolute atomic E-state index is 13.1. The lowest BCUT2D eigenvalue weighted by Gasteiger charge is -2.26. The Labute approximate surface area is 111 Å². The van der Waals surface area contributed by atoms with Crippen LogP contribution in [0.3, 0.4) is 0 Å². The summed E-state index contributed by atoms with van der Waals surface area (Å²) in [7, 11) is 1.31. The number of halogens is 1. The van der Waals surface area contributed by atoms with Crippen LogP contribution < -0.4 is 10.5 Å². The van der Waals surface area contributed by atoms with Crippen LogP contribution in [0.2, 0.25) is 0 Å². The first kappa shape index (κ1) is 13.8. The monoisotopic (exact) mass is 267 g/mol. The van der Waals surface area contributed by atoms with Gasteiger partial charge in [-0.1, -0.05) is 0 Å². The molecular formula is C14H18FNO3. The van der Waals surface area contributed by atoms with Gasteiger partial charge in [0.25, 0.3) is 0 Å². The standard InChI is InChI=1S/C14H18FNO3/c1-9-7-11(5-6-12(9)15)19-8-14(16,10-3-4-10)13(17)18-2/h5-7,10H,3-4,8,16H2,1-2H3. The average molecular weight is 267 g/mol. The molecule has 0 aromatic heterocycles. The largest absolute Gasteiger partial charge is 0.491 e. The zero-order valence-corrected chi connectivity index (χ0v) is 11.1. The van der Waals surface area contributed by atoms with Gasteiger partial charge in [-0.2, -0.15) is 0 Å². The van der Waals surface area contributed by atoms with Crippen LogP contribution in [0, 0.1) is 18.7 Å². The summed E-state index contributed by atoms with van der Waals surface area (Å²) in [6.45, 7) is 1.69. The van der Waals surface area contributed by atoms with Crippen molar-refractivity contribution in [3.05, 3.63) is 29.6 Å². The highest BCUT2D eigenvalue weighted by atomic mass is 19.1. The van der Waals surface area contributed by atoms with Crippen LogP contribution in [0.5, 0.6) is 5.75 Å². The van der Waals surface area contributed by atoms with E-state index in [0.717, 1.165) is 12.8 Å². The molecule has 0 bridgehead atoms. The van der Waals surface area contributed by atoms with E-state index in [9.17, 15) is 9.18 Å². The number of rotatable bonds is 5. The number of hydrogen-bond donors (Lipinski definition) is 1. The molecule has 0 heterocycles. The molecule has 1 aromatic rings. The van der Waals surface area contributed by atoms with E-state index in [4.69, 9.17) is 15.2 Å². The zero-order valence-electron chi connectivity index (χ0n) is 11.1. The van der Waals surface area contributed by atoms with Gasteiger partial charge in [-0.05, 0) is 49.4 Å². The molecule has 1 atom stereocenters. The maximum atomic E-state index is 13.1. The second kappa shape index (κ2) is 5.17. The van der Waals surface area contributed by atoms with E-state index in [1.807, 2.05) is 0 Å². The molecule has 1 aromatic carbocycles. The van der Waals surface area contributed by atoms with E-state index in [1.54, 1.807) is 13.0 Å². The summed E-state index contributed by atoms with van der Waals surface area (Å²) < 4.78 is 23.4. The van der Waals surface area contributed by atoms with Gasteiger partial charge in [-0.15, -0.1) is 0 Å². The third-order valence-corrected chi connectivity index (χ3v) is 3.48. The Bertz CT molecular complexity index is 488. The molecule has 1 saturated carbocycles. The summed E-state index contributed by atoms with van der Waals surface area (Å²) in [4.78, 5) is 11.8. The van der Waals surface area contributed by atoms with E-state index >= 15 is 0 Å². The van der Waals surface area contributed by atoms with E-state index < -0.39 is 11.5 Å². The van der Waals surface area contributed by atoms with Crippen LogP contribution in [0.25, 0.3) is 0 Å². The highest BCUT2D eigenvalue weighted by Crippen LogP contribution is 2.39. The number of carbonyl (C=O) groups is 1. The summed E-state index contributed by atoms with van der Waals surface area (Å²) in [5.41, 5.74) is 5.48. The van der Waals surface area contributed by atoms with Crippen LogP contribution in [-0.2, 0) is 9.53 Å². The highest BCUT2D eigenvalue weighted by molar-refractivity contribution is 5.81. The Balaban J connectivity index is 2.06. The molecule has 1 aliphatic carbocycles. The van der Waals surface area contributed by atoms with Gasteiger partial charge in [0.1, 0.15) is 18.2 Å². The van der Waals surface area contributed by atoms with Crippen molar-refractivity contribution in [3.63, 3.8) is 0 Å². The van der Waals surface area contributed by atoms with Crippen LogP contribution in [-0.4, -0.2) is 25.2 Å². The van der Waals surface area contributed by atoms with Crippen molar-refractivity contribution in [2.75, 3.05) is 13.7 Å². The molecule has 1 unspecified atom stereocenters. The van der Waals surface area contributed by atoms with Crippen molar-refractivity contribution in [3.8, 4) is 5.75 Å². The number of esters is 1. The minimum atomic E-state index is -1.11. The van der Waals surface area contributed by atoms with Gasteiger partial charge < -0.3 is 15.2 Å². The summed E-state index contributed by atoms with van der Waals surface area (Å²) in [6.07, 6.45) is 1.80. The summed E-state index contributed by atoms with van der Waals surface area (Å²) in [5.74, 6) is -0.157. The van der Waals surface area contributed by atoms with Gasteiger partial charge in [0, 0.05) is 0 Å². The van der Waals surface area contributed by atoms with Crippen LogP contribution >= 0.6 is 0 Å². The molecule has 2 N–H and O–H groups in total. The van der Waals surface area contributed by atoms with Crippen molar-refractivity contribution >= 4 is 5.97 Å². The number of hydrogen-bond acceptors (Lipinski definition) is 4. The van der Waals surface area contributed by atoms with E-state index in [0.29, 0.717) is 11.3 Å². The number of carbonyl (C=O) groups excluding carboxylic acids is 1. The fourth-order valence-electron chi connectivity index (χ4n) is 2.04. The van der Waals surface area contributed by atoms with Crippen molar-refractivity contribution in [1.29, 1.82) is 0 Å². The van der Waals surface area contributed by atoms with Crippen molar-refractivity contribution in [2.45, 2.75) is 25.3 Å². The fourth-order valence-corrected chi connectivity index (χ4v) is 2.04. The van der Waals surface area contributed by atoms with E-state index in [2.05, 4.69) is 0 Å². The predicted octanol–water partition coefficient (Wildman–Crippen LogP) is 1.79. The Morgan fingerprint density at radius 2 is 2.21 bits per heavy atom. The molecule has 1 aliphatic rings. The number of benzene rings is 1. The normalized spacial score (nSPS) is 17.7. The highest BCUT2D eigenvalue weighted by Gasteiger charge is 2.49. The second-order valence-corrected chi connectivity index (χ2v) is 5.01. The Hall–Kier alpha value is -1.62. The molecule has 1 fully saturated rings. The van der Waals surface area contributed by atoms with Gasteiger partial charge in [0.2, 0.25) is 0 Å². The molecule has 0 saturated heterocycles. The van der Waals surface area contributed by atoms with Crippen molar-refractivity contribution in [1.82, 2.24) is 0 Å². The lowest BCUT2D eigenvalue weighted by molar-refractivity contribution is -0.149. The summed E-state index contributed by atoms with van der Waals surface area (Å²) >= 11 is 0. The third-order valence-electron chi connectivity index (χ3n) is 3.48. The molecule has 4 nitrogen and oxygen atoms in total. The smallest absolute Gasteiger partial charge is 0.329 e. The van der Waals surface area contributed by atoms with Gasteiger partial charge in [0.15, 0.2) is 5.54 Å². The Kier molecular flexibility index (Phi) is 3.75. The maximum Gasteiger partial charge on any atom is 0.329 e. The molecule has 5 heteroatoms. The first-order chi connectivity index (χ1) is 8.97. The van der Waals surface area contributed by atoms with Gasteiger partial charge in [0.05, 0.1) is 7.11 Å². The summed E-state index contributed by atoms with van der Waals surface area (Å²) in [5, 5.41) is 0. The molecule has 0 radical (unpaired) electrons. The lowest BCUT2D eigenvalue weighted by atomic mass is 9.96. The van der Waals surface area contributed by atoms with Crippen molar-refractivity contribution < 1.29 is 18.7 Å². The third kappa shape index (κ3) is 2.87. The van der Waals surface area contributed by atoms with Crippen LogP contribution in [0.1, 0.15) is 18.4 Å². The van der Waals surface area contributed by atoms with E-state index in [1.165, 1.54) is 19.2 Å². The van der Waals surface area contributed by atoms with Crippen LogP contribution in [0.4, 0.5) is 4.39 Å². The molecule has 0 aliphatic heterocycles. The number of nitrogens with two attached hydrogens (primary N) is 1. The number of aryl methyl sites for hydroxylation is 1. The number of ether oxygens (including phenoxy) is 2. The summed E-state index contributed by atoms with van der Waals surface area (Å²) in [6, 6.07) is 4.44. The predicted molar refractivity (Wildman–Crippen MR) is 68.3 cm³/mol. The van der Waals surface area contributed by atoms with Crippen molar-refractivity contribution in [2.24, 2.45) is 11.7 Å². The molecule has 2 rings (SSSR count). The minimum Gasteiger partial charge on any atom is -0.491 e. The quantitative estimate of drug-likeness (QED) is 0.826. The van der Waals surface area contributed by atoms with E-state index in [-0.39, 0.29) is 18.3 Å². The Morgan fingerprint density at radius 3 is 2.74 bits per heavy atom. The van der Waals surface area contributed by atoms with Gasteiger partial charge >= 0.3 is 5.97 Å². The average Bonchev–Trinajstić information content (AvgIpc) is 3.23. The zero-order chi connectivity index (χ0) is 14.0. The molecule has 19 heavy (non-hydrogen) atoms. The first-order valence-electron chi connectivity index (χ1n) is 6.23. The molecule has 0 spiro atoms. The molecule has 0 amide bonds. The lowest BCUT2D eigenvalue weighted by Crippen LogP contribution is -2.55. The second-order valence-electron chi connectivity index (χ2n) is 5.01. The Morgan fingerprint density at radius 1 is 1.53 bits per heavy atom. The molecule has 104 valence electrons. The topological polar surface area (TPSA) is 61.5 Å². The first-order valence-corrected chi connectivity index (χ1v) is 6.23.